The fraction of sp³-hybridized carbons (Fsp3) is 1.00. The highest BCUT2D eigenvalue weighted by Gasteiger charge is 2.29. The summed E-state index contributed by atoms with van der Waals surface area (Å²) in [6.45, 7) is 0.938. The first kappa shape index (κ1) is 8.02. The Bertz CT molecular complexity index is 91.4. The van der Waals surface area contributed by atoms with Crippen molar-refractivity contribution < 1.29 is 5.11 Å². The molecule has 0 aliphatic heterocycles. The summed E-state index contributed by atoms with van der Waals surface area (Å²) < 4.78 is 0. The molecular weight excluding hydrogens is 126 g/mol. The molecule has 0 bridgehead atoms. The molecule has 0 unspecified atom stereocenters. The van der Waals surface area contributed by atoms with E-state index in [2.05, 4.69) is 0 Å². The third-order valence-corrected chi connectivity index (χ3v) is 2.68. The van der Waals surface area contributed by atoms with E-state index in [0.717, 1.165) is 12.8 Å². The summed E-state index contributed by atoms with van der Waals surface area (Å²) in [6, 6.07) is 0. The maximum Gasteiger partial charge on any atom is 0.0499 e. The molecule has 0 aromatic heterocycles. The highest BCUT2D eigenvalue weighted by Crippen LogP contribution is 2.34. The van der Waals surface area contributed by atoms with Crippen LogP contribution in [0.5, 0.6) is 0 Å². The van der Waals surface area contributed by atoms with E-state index in [1.807, 2.05) is 0 Å². The predicted molar refractivity (Wildman–Crippen MR) is 41.7 cm³/mol. The molecule has 2 nitrogen and oxygen atoms in total. The molecular formula is C8H17NO. The van der Waals surface area contributed by atoms with Gasteiger partial charge in [-0.15, -0.1) is 0 Å². The number of aliphatic hydroxyl groups excluding tert-OH is 1. The molecule has 1 saturated carbocycles. The summed E-state index contributed by atoms with van der Waals surface area (Å²) in [5.41, 5.74) is 5.68. The zero-order chi connectivity index (χ0) is 7.45. The fourth-order valence-electron chi connectivity index (χ4n) is 1.73. The van der Waals surface area contributed by atoms with E-state index in [1.165, 1.54) is 19.3 Å². The first-order chi connectivity index (χ1) is 4.83. The van der Waals surface area contributed by atoms with Crippen molar-refractivity contribution in [1.82, 2.24) is 0 Å². The van der Waals surface area contributed by atoms with Crippen molar-refractivity contribution in [1.29, 1.82) is 0 Å². The van der Waals surface area contributed by atoms with Gasteiger partial charge in [-0.25, -0.2) is 0 Å². The van der Waals surface area contributed by atoms with Gasteiger partial charge in [0, 0.05) is 18.6 Å². The van der Waals surface area contributed by atoms with E-state index < -0.39 is 0 Å². The van der Waals surface area contributed by atoms with Crippen LogP contribution < -0.4 is 5.73 Å². The Morgan fingerprint density at radius 2 is 1.80 bits per heavy atom. The Morgan fingerprint density at radius 1 is 1.20 bits per heavy atom. The quantitative estimate of drug-likeness (QED) is 0.603. The van der Waals surface area contributed by atoms with E-state index in [1.54, 1.807) is 0 Å². The molecule has 2 heteroatoms. The molecule has 0 radical (unpaired) electrons. The van der Waals surface area contributed by atoms with Crippen LogP contribution in [0.2, 0.25) is 0 Å². The van der Waals surface area contributed by atoms with Crippen LogP contribution in [0.15, 0.2) is 0 Å². The molecule has 0 heterocycles. The van der Waals surface area contributed by atoms with Gasteiger partial charge in [0.1, 0.15) is 0 Å². The topological polar surface area (TPSA) is 46.2 Å². The molecule has 0 aromatic carbocycles. The highest BCUT2D eigenvalue weighted by atomic mass is 16.3. The normalized spacial score (nSPS) is 24.6. The standard InChI is InChI=1S/C8H17NO/c9-6-8(7-10)4-2-1-3-5-8/h10H,1-7,9H2. The molecule has 1 rings (SSSR count). The summed E-state index contributed by atoms with van der Waals surface area (Å²) in [4.78, 5) is 0. The van der Waals surface area contributed by atoms with Gasteiger partial charge in [-0.3, -0.25) is 0 Å². The fourth-order valence-corrected chi connectivity index (χ4v) is 1.73. The molecule has 1 aliphatic rings. The van der Waals surface area contributed by atoms with Crippen LogP contribution in [0.4, 0.5) is 0 Å². The minimum atomic E-state index is 0.0955. The maximum atomic E-state index is 9.06. The highest BCUT2D eigenvalue weighted by molar-refractivity contribution is 4.82. The van der Waals surface area contributed by atoms with Gasteiger partial charge in [-0.1, -0.05) is 19.3 Å². The SMILES string of the molecule is NCC1(CO)CCCCC1. The van der Waals surface area contributed by atoms with Crippen LogP contribution in [0.1, 0.15) is 32.1 Å². The number of rotatable bonds is 2. The van der Waals surface area contributed by atoms with Gasteiger partial charge in [0.15, 0.2) is 0 Å². The average Bonchev–Trinajstić information content (AvgIpc) is 2.06. The van der Waals surface area contributed by atoms with E-state index in [0.29, 0.717) is 6.54 Å². The molecule has 0 atom stereocenters. The maximum absolute atomic E-state index is 9.06. The van der Waals surface area contributed by atoms with E-state index >= 15 is 0 Å². The van der Waals surface area contributed by atoms with Crippen molar-refractivity contribution in [3.05, 3.63) is 0 Å². The zero-order valence-electron chi connectivity index (χ0n) is 6.47. The Kier molecular flexibility index (Phi) is 2.69. The lowest BCUT2D eigenvalue weighted by atomic mass is 9.75. The van der Waals surface area contributed by atoms with Gasteiger partial charge >= 0.3 is 0 Å². The summed E-state index contributed by atoms with van der Waals surface area (Å²) in [7, 11) is 0. The van der Waals surface area contributed by atoms with Gasteiger partial charge in [0.2, 0.25) is 0 Å². The van der Waals surface area contributed by atoms with Crippen LogP contribution in [0.3, 0.4) is 0 Å². The van der Waals surface area contributed by atoms with Crippen molar-refractivity contribution in [2.24, 2.45) is 11.1 Å². The Morgan fingerprint density at radius 3 is 2.10 bits per heavy atom. The van der Waals surface area contributed by atoms with Crippen molar-refractivity contribution >= 4 is 0 Å². The van der Waals surface area contributed by atoms with Gasteiger partial charge < -0.3 is 10.8 Å². The van der Waals surface area contributed by atoms with E-state index in [-0.39, 0.29) is 12.0 Å². The Balaban J connectivity index is 2.44. The number of nitrogens with two attached hydrogens (primary N) is 1. The van der Waals surface area contributed by atoms with E-state index in [4.69, 9.17) is 10.8 Å². The van der Waals surface area contributed by atoms with E-state index in [9.17, 15) is 0 Å². The van der Waals surface area contributed by atoms with Gasteiger partial charge in [0.05, 0.1) is 0 Å². The van der Waals surface area contributed by atoms with Crippen LogP contribution >= 0.6 is 0 Å². The number of hydrogen-bond donors (Lipinski definition) is 2. The average molecular weight is 143 g/mol. The van der Waals surface area contributed by atoms with Gasteiger partial charge in [0.25, 0.3) is 0 Å². The van der Waals surface area contributed by atoms with Crippen LogP contribution in [0, 0.1) is 5.41 Å². The summed E-state index contributed by atoms with van der Waals surface area (Å²) >= 11 is 0. The molecule has 0 saturated heterocycles. The molecule has 1 aliphatic carbocycles. The first-order valence-electron chi connectivity index (χ1n) is 4.14. The number of hydrogen-bond acceptors (Lipinski definition) is 2. The van der Waals surface area contributed by atoms with Crippen molar-refractivity contribution in [3.8, 4) is 0 Å². The molecule has 1 fully saturated rings. The molecule has 0 spiro atoms. The molecule has 60 valence electrons. The smallest absolute Gasteiger partial charge is 0.0499 e. The third-order valence-electron chi connectivity index (χ3n) is 2.68. The lowest BCUT2D eigenvalue weighted by Gasteiger charge is -2.34. The Hall–Kier alpha value is -0.0800. The van der Waals surface area contributed by atoms with Crippen molar-refractivity contribution in [2.75, 3.05) is 13.2 Å². The lowest BCUT2D eigenvalue weighted by Crippen LogP contribution is -2.36. The third kappa shape index (κ3) is 1.50. The molecule has 3 N–H and O–H groups in total. The minimum absolute atomic E-state index is 0.0955. The van der Waals surface area contributed by atoms with Gasteiger partial charge in [-0.05, 0) is 12.8 Å². The monoisotopic (exact) mass is 143 g/mol. The largest absolute Gasteiger partial charge is 0.396 e. The molecule has 0 amide bonds. The summed E-state index contributed by atoms with van der Waals surface area (Å²) in [5.74, 6) is 0. The molecule has 10 heavy (non-hydrogen) atoms. The number of aliphatic hydroxyl groups is 1. The first-order valence-corrected chi connectivity index (χ1v) is 4.14. The second-order valence-electron chi connectivity index (χ2n) is 3.42. The minimum Gasteiger partial charge on any atom is -0.396 e. The van der Waals surface area contributed by atoms with Crippen LogP contribution in [-0.4, -0.2) is 18.3 Å². The predicted octanol–water partition coefficient (Wildman–Crippen LogP) is 0.888. The van der Waals surface area contributed by atoms with Crippen LogP contribution in [0.25, 0.3) is 0 Å². The van der Waals surface area contributed by atoms with Gasteiger partial charge in [-0.2, -0.15) is 0 Å². The van der Waals surface area contributed by atoms with Crippen LogP contribution in [-0.2, 0) is 0 Å². The lowest BCUT2D eigenvalue weighted by molar-refractivity contribution is 0.0903. The van der Waals surface area contributed by atoms with Crippen molar-refractivity contribution in [3.63, 3.8) is 0 Å². The second kappa shape index (κ2) is 3.35. The Labute approximate surface area is 62.4 Å². The zero-order valence-corrected chi connectivity index (χ0v) is 6.47. The molecule has 0 aromatic rings. The van der Waals surface area contributed by atoms with Crippen molar-refractivity contribution in [2.45, 2.75) is 32.1 Å². The summed E-state index contributed by atoms with van der Waals surface area (Å²) in [5, 5.41) is 9.06. The summed E-state index contributed by atoms with van der Waals surface area (Å²) in [6.07, 6.45) is 6.07. The second-order valence-corrected chi connectivity index (χ2v) is 3.42.